The summed E-state index contributed by atoms with van der Waals surface area (Å²) < 4.78 is 0. The van der Waals surface area contributed by atoms with Crippen LogP contribution in [0.15, 0.2) is 84.9 Å². The van der Waals surface area contributed by atoms with Gasteiger partial charge in [-0.3, -0.25) is 0 Å². The van der Waals surface area contributed by atoms with Crippen molar-refractivity contribution in [3.05, 3.63) is 107 Å². The Morgan fingerprint density at radius 3 is 1.41 bits per heavy atom. The van der Waals surface area contributed by atoms with Crippen molar-refractivity contribution in [3.8, 4) is 6.26 Å². The van der Waals surface area contributed by atoms with E-state index < -0.39 is 0 Å². The number of rotatable bonds is 0. The molecule has 29 heavy (non-hydrogen) atoms. The Labute approximate surface area is 170 Å². The fraction of sp³-hybridized carbons (Fsp3) is 0.0741. The minimum atomic E-state index is 0.750. The van der Waals surface area contributed by atoms with Crippen LogP contribution in [0.2, 0.25) is 0 Å². The van der Waals surface area contributed by atoms with Crippen LogP contribution in [-0.2, 0) is 12.8 Å². The van der Waals surface area contributed by atoms with Crippen LogP contribution in [-0.4, -0.2) is 5.11 Å². The molecule has 0 atom stereocenters. The van der Waals surface area contributed by atoms with E-state index in [1.165, 1.54) is 43.8 Å². The number of benzene rings is 4. The van der Waals surface area contributed by atoms with Crippen molar-refractivity contribution in [2.45, 2.75) is 12.8 Å². The van der Waals surface area contributed by atoms with E-state index in [2.05, 4.69) is 97.1 Å². The number of aliphatic hydroxyl groups excluding tert-OH is 1. The molecule has 140 valence electrons. The topological polar surface area (TPSA) is 44.0 Å². The van der Waals surface area contributed by atoms with E-state index in [1.807, 2.05) is 0 Å². The first-order valence-corrected chi connectivity index (χ1v) is 9.69. The molecule has 0 radical (unpaired) electrons. The van der Waals surface area contributed by atoms with E-state index in [9.17, 15) is 0 Å². The number of aliphatic hydroxyl groups is 1. The average Bonchev–Trinajstić information content (AvgIpc) is 2.76. The zero-order chi connectivity index (χ0) is 20.1. The van der Waals surface area contributed by atoms with Crippen molar-refractivity contribution in [2.75, 3.05) is 0 Å². The predicted octanol–water partition coefficient (Wildman–Crippen LogP) is 6.66. The normalized spacial score (nSPS) is 12.4. The third-order valence-corrected chi connectivity index (χ3v) is 5.32. The summed E-state index contributed by atoms with van der Waals surface area (Å²) in [6, 6.07) is 26.1. The standard InChI is InChI=1S/2C13H10.CHNO/c2*1-4-10-6-2-8-12-9-3-7-11(5-1)13(10)12;2-1-3/h2*1-8H,9H2;3H. The first-order valence-electron chi connectivity index (χ1n) is 9.69. The predicted molar refractivity (Wildman–Crippen MR) is 121 cm³/mol. The van der Waals surface area contributed by atoms with Crippen LogP contribution in [0, 0.1) is 11.5 Å². The quantitative estimate of drug-likeness (QED) is 0.349. The van der Waals surface area contributed by atoms with Crippen LogP contribution < -0.4 is 0 Å². The lowest BCUT2D eigenvalue weighted by Crippen LogP contribution is -1.91. The van der Waals surface area contributed by atoms with Gasteiger partial charge in [0.2, 0.25) is 0 Å². The van der Waals surface area contributed by atoms with Gasteiger partial charge < -0.3 is 5.11 Å². The highest BCUT2D eigenvalue weighted by Gasteiger charge is 2.07. The molecule has 0 unspecified atom stereocenters. The van der Waals surface area contributed by atoms with Crippen molar-refractivity contribution in [1.82, 2.24) is 0 Å². The molecular formula is C27H21NO. The Balaban J connectivity index is 0.000000125. The summed E-state index contributed by atoms with van der Waals surface area (Å²) in [6.07, 6.45) is 11.8. The summed E-state index contributed by atoms with van der Waals surface area (Å²) in [6.45, 7) is 0. The maximum Gasteiger partial charge on any atom is 0.283 e. The molecule has 0 saturated carbocycles. The molecule has 2 heteroatoms. The average molecular weight is 375 g/mol. The molecule has 0 aromatic heterocycles. The van der Waals surface area contributed by atoms with Crippen molar-refractivity contribution in [2.24, 2.45) is 0 Å². The van der Waals surface area contributed by atoms with E-state index in [1.54, 1.807) is 0 Å². The molecule has 0 spiro atoms. The minimum Gasteiger partial charge on any atom is -0.443 e. The maximum absolute atomic E-state index is 6.88. The van der Waals surface area contributed by atoms with Gasteiger partial charge in [0.1, 0.15) is 0 Å². The smallest absolute Gasteiger partial charge is 0.283 e. The Morgan fingerprint density at radius 2 is 1.00 bits per heavy atom. The van der Waals surface area contributed by atoms with Gasteiger partial charge >= 0.3 is 0 Å². The van der Waals surface area contributed by atoms with Gasteiger partial charge in [-0.2, -0.15) is 5.26 Å². The molecule has 0 heterocycles. The SMILES string of the molecule is C1=Cc2cccc3cccc(c23)C1.C1=Cc2cccc3cccc(c23)C1.N#CO. The first-order chi connectivity index (χ1) is 14.3. The molecule has 4 aromatic carbocycles. The summed E-state index contributed by atoms with van der Waals surface area (Å²) in [5.74, 6) is 0. The Kier molecular flexibility index (Phi) is 5.40. The van der Waals surface area contributed by atoms with Gasteiger partial charge in [0, 0.05) is 0 Å². The number of hydrogen-bond donors (Lipinski definition) is 1. The number of nitriles is 1. The summed E-state index contributed by atoms with van der Waals surface area (Å²) >= 11 is 0. The van der Waals surface area contributed by atoms with Crippen molar-refractivity contribution in [1.29, 1.82) is 5.26 Å². The molecule has 1 N–H and O–H groups in total. The fourth-order valence-electron chi connectivity index (χ4n) is 4.14. The van der Waals surface area contributed by atoms with Crippen LogP contribution in [0.1, 0.15) is 22.3 Å². The first kappa shape index (κ1) is 18.5. The van der Waals surface area contributed by atoms with Crippen LogP contribution in [0.4, 0.5) is 0 Å². The Morgan fingerprint density at radius 1 is 0.621 bits per heavy atom. The highest BCUT2D eigenvalue weighted by molar-refractivity contribution is 5.95. The third-order valence-electron chi connectivity index (χ3n) is 5.32. The highest BCUT2D eigenvalue weighted by Crippen LogP contribution is 2.28. The largest absolute Gasteiger partial charge is 0.443 e. The second-order valence-corrected chi connectivity index (χ2v) is 7.04. The Hall–Kier alpha value is -3.83. The zero-order valence-electron chi connectivity index (χ0n) is 16.0. The van der Waals surface area contributed by atoms with E-state index in [0.29, 0.717) is 0 Å². The van der Waals surface area contributed by atoms with Crippen molar-refractivity contribution >= 4 is 33.7 Å². The lowest BCUT2D eigenvalue weighted by molar-refractivity contribution is 0.503. The molecule has 2 aliphatic rings. The summed E-state index contributed by atoms with van der Waals surface area (Å²) in [5.41, 5.74) is 5.63. The molecular weight excluding hydrogens is 354 g/mol. The van der Waals surface area contributed by atoms with Gasteiger partial charge in [0.05, 0.1) is 0 Å². The monoisotopic (exact) mass is 375 g/mol. The maximum atomic E-state index is 6.88. The molecule has 4 aromatic rings. The van der Waals surface area contributed by atoms with Gasteiger partial charge in [0.15, 0.2) is 0 Å². The molecule has 0 aliphatic heterocycles. The fourth-order valence-corrected chi connectivity index (χ4v) is 4.14. The van der Waals surface area contributed by atoms with E-state index in [0.717, 1.165) is 19.1 Å². The van der Waals surface area contributed by atoms with Crippen LogP contribution in [0.3, 0.4) is 0 Å². The molecule has 0 amide bonds. The second kappa shape index (κ2) is 8.46. The highest BCUT2D eigenvalue weighted by atomic mass is 16.2. The molecule has 6 rings (SSSR count). The van der Waals surface area contributed by atoms with Gasteiger partial charge in [-0.1, -0.05) is 97.1 Å². The van der Waals surface area contributed by atoms with Gasteiger partial charge in [0.25, 0.3) is 6.26 Å². The Bertz CT molecular complexity index is 1170. The van der Waals surface area contributed by atoms with Gasteiger partial charge in [-0.25, -0.2) is 0 Å². The molecule has 0 saturated heterocycles. The van der Waals surface area contributed by atoms with Crippen LogP contribution in [0.5, 0.6) is 0 Å². The third kappa shape index (κ3) is 3.77. The van der Waals surface area contributed by atoms with Crippen LogP contribution in [0.25, 0.3) is 33.7 Å². The summed E-state index contributed by atoms with van der Waals surface area (Å²) in [5, 5.41) is 19.3. The second-order valence-electron chi connectivity index (χ2n) is 7.04. The number of hydrogen-bond acceptors (Lipinski definition) is 2. The molecule has 0 fully saturated rings. The van der Waals surface area contributed by atoms with E-state index >= 15 is 0 Å². The van der Waals surface area contributed by atoms with E-state index in [4.69, 9.17) is 10.4 Å². The molecule has 2 aliphatic carbocycles. The lowest BCUT2D eigenvalue weighted by atomic mass is 9.93. The molecule has 0 bridgehead atoms. The number of allylic oxidation sites excluding steroid dienone is 2. The summed E-state index contributed by atoms with van der Waals surface area (Å²) in [7, 11) is 0. The molecule has 2 nitrogen and oxygen atoms in total. The van der Waals surface area contributed by atoms with Gasteiger partial charge in [-0.15, -0.1) is 0 Å². The summed E-state index contributed by atoms with van der Waals surface area (Å²) in [4.78, 5) is 0. The van der Waals surface area contributed by atoms with Crippen molar-refractivity contribution < 1.29 is 5.11 Å². The number of nitrogens with zero attached hydrogens (tertiary/aromatic N) is 1. The van der Waals surface area contributed by atoms with Gasteiger partial charge in [-0.05, 0) is 56.6 Å². The zero-order valence-corrected chi connectivity index (χ0v) is 16.0. The lowest BCUT2D eigenvalue weighted by Gasteiger charge is -2.11. The van der Waals surface area contributed by atoms with E-state index in [-0.39, 0.29) is 0 Å². The van der Waals surface area contributed by atoms with Crippen LogP contribution >= 0.6 is 0 Å². The van der Waals surface area contributed by atoms with Crippen molar-refractivity contribution in [3.63, 3.8) is 0 Å². The minimum absolute atomic E-state index is 0.750.